The summed E-state index contributed by atoms with van der Waals surface area (Å²) in [5.41, 5.74) is 0.646. The number of rotatable bonds is 3. The fourth-order valence-corrected chi connectivity index (χ4v) is 1.40. The summed E-state index contributed by atoms with van der Waals surface area (Å²) in [6.45, 7) is 0. The molecule has 0 bridgehead atoms. The van der Waals surface area contributed by atoms with Crippen LogP contribution in [0.15, 0.2) is 30.5 Å². The smallest absolute Gasteiger partial charge is 0.256 e. The Labute approximate surface area is 109 Å². The molecule has 92 valence electrons. The Morgan fingerprint density at radius 2 is 1.89 bits per heavy atom. The van der Waals surface area contributed by atoms with Gasteiger partial charge in [-0.05, 0) is 18.2 Å². The maximum Gasteiger partial charge on any atom is 0.256 e. The van der Waals surface area contributed by atoms with Crippen molar-refractivity contribution in [3.05, 3.63) is 41.6 Å². The van der Waals surface area contributed by atoms with Crippen LogP contribution in [0, 0.1) is 22.7 Å². The quantitative estimate of drug-likeness (QED) is 0.829. The van der Waals surface area contributed by atoms with Crippen LogP contribution in [0.3, 0.4) is 0 Å². The van der Waals surface area contributed by atoms with Crippen molar-refractivity contribution in [3.63, 3.8) is 0 Å². The van der Waals surface area contributed by atoms with E-state index in [0.717, 1.165) is 0 Å². The molecule has 0 spiro atoms. The number of benzene rings is 1. The van der Waals surface area contributed by atoms with E-state index in [1.165, 1.54) is 25.4 Å². The predicted molar refractivity (Wildman–Crippen MR) is 64.5 cm³/mol. The number of nitriles is 2. The highest BCUT2D eigenvalue weighted by atomic mass is 16.5. The van der Waals surface area contributed by atoms with Gasteiger partial charge in [0.1, 0.15) is 23.1 Å². The molecule has 0 saturated carbocycles. The van der Waals surface area contributed by atoms with Gasteiger partial charge in [-0.1, -0.05) is 0 Å². The van der Waals surface area contributed by atoms with E-state index < -0.39 is 0 Å². The fourth-order valence-electron chi connectivity index (χ4n) is 1.40. The second-order valence-electron chi connectivity index (χ2n) is 3.47. The number of ether oxygens (including phenoxy) is 2. The highest BCUT2D eigenvalue weighted by Gasteiger charge is 2.08. The highest BCUT2D eigenvalue weighted by molar-refractivity contribution is 5.46. The molecule has 1 heterocycles. The standard InChI is InChI=1S/C13H8N4O2/c1-18-11-4-9(7-14)5-12(6-11)19-13-10(8-15)2-3-16-17-13/h2-6H,1H3. The maximum absolute atomic E-state index is 8.92. The minimum atomic E-state index is 0.0853. The summed E-state index contributed by atoms with van der Waals surface area (Å²) >= 11 is 0. The molecule has 1 aromatic heterocycles. The first kappa shape index (κ1) is 12.3. The summed E-state index contributed by atoms with van der Waals surface area (Å²) in [5.74, 6) is 0.923. The second-order valence-corrected chi connectivity index (χ2v) is 3.47. The van der Waals surface area contributed by atoms with Crippen LogP contribution < -0.4 is 9.47 Å². The predicted octanol–water partition coefficient (Wildman–Crippen LogP) is 2.02. The summed E-state index contributed by atoms with van der Waals surface area (Å²) < 4.78 is 10.5. The monoisotopic (exact) mass is 252 g/mol. The third-order valence-electron chi connectivity index (χ3n) is 2.27. The molecule has 0 aliphatic heterocycles. The van der Waals surface area contributed by atoms with Gasteiger partial charge in [-0.15, -0.1) is 5.10 Å². The van der Waals surface area contributed by atoms with Crippen molar-refractivity contribution in [3.8, 4) is 29.5 Å². The Morgan fingerprint density at radius 3 is 2.58 bits per heavy atom. The van der Waals surface area contributed by atoms with Crippen molar-refractivity contribution in [1.29, 1.82) is 10.5 Å². The molecule has 0 unspecified atom stereocenters. The molecule has 19 heavy (non-hydrogen) atoms. The Balaban J connectivity index is 2.39. The lowest BCUT2D eigenvalue weighted by atomic mass is 10.2. The molecule has 6 heteroatoms. The van der Waals surface area contributed by atoms with Crippen LogP contribution in [0.5, 0.6) is 17.4 Å². The van der Waals surface area contributed by atoms with Gasteiger partial charge < -0.3 is 9.47 Å². The zero-order chi connectivity index (χ0) is 13.7. The van der Waals surface area contributed by atoms with Crippen LogP contribution in [-0.4, -0.2) is 17.3 Å². The Kier molecular flexibility index (Phi) is 3.56. The molecule has 0 amide bonds. The third-order valence-corrected chi connectivity index (χ3v) is 2.27. The number of methoxy groups -OCH3 is 1. The van der Waals surface area contributed by atoms with Gasteiger partial charge in [-0.25, -0.2) is 0 Å². The molecule has 2 rings (SSSR count). The minimum Gasteiger partial charge on any atom is -0.497 e. The molecule has 0 fully saturated rings. The van der Waals surface area contributed by atoms with Gasteiger partial charge in [0.05, 0.1) is 24.9 Å². The summed E-state index contributed by atoms with van der Waals surface area (Å²) in [5, 5.41) is 25.2. The number of hydrogen-bond donors (Lipinski definition) is 0. The van der Waals surface area contributed by atoms with E-state index in [9.17, 15) is 0 Å². The van der Waals surface area contributed by atoms with Gasteiger partial charge in [0.25, 0.3) is 5.88 Å². The topological polar surface area (TPSA) is 91.8 Å². The van der Waals surface area contributed by atoms with Gasteiger partial charge in [0, 0.05) is 6.07 Å². The lowest BCUT2D eigenvalue weighted by Crippen LogP contribution is -1.95. The average Bonchev–Trinajstić information content (AvgIpc) is 2.47. The highest BCUT2D eigenvalue weighted by Crippen LogP contribution is 2.27. The molecular weight excluding hydrogens is 244 g/mol. The first-order valence-corrected chi connectivity index (χ1v) is 5.25. The zero-order valence-electron chi connectivity index (χ0n) is 9.99. The summed E-state index contributed by atoms with van der Waals surface area (Å²) in [6, 6.07) is 10.1. The van der Waals surface area contributed by atoms with Crippen LogP contribution in [0.25, 0.3) is 0 Å². The molecule has 0 saturated heterocycles. The molecule has 2 aromatic rings. The molecule has 0 aliphatic carbocycles. The van der Waals surface area contributed by atoms with Crippen LogP contribution in [0.4, 0.5) is 0 Å². The van der Waals surface area contributed by atoms with Crippen molar-refractivity contribution in [2.24, 2.45) is 0 Å². The Bertz CT molecular complexity index is 686. The van der Waals surface area contributed by atoms with E-state index in [1.807, 2.05) is 12.1 Å². The van der Waals surface area contributed by atoms with Crippen molar-refractivity contribution in [2.45, 2.75) is 0 Å². The van der Waals surface area contributed by atoms with E-state index in [1.54, 1.807) is 12.1 Å². The third kappa shape index (κ3) is 2.76. The molecule has 0 atom stereocenters. The molecular formula is C13H8N4O2. The van der Waals surface area contributed by atoms with Gasteiger partial charge in [0.2, 0.25) is 0 Å². The zero-order valence-corrected chi connectivity index (χ0v) is 9.99. The summed E-state index contributed by atoms with van der Waals surface area (Å²) in [4.78, 5) is 0. The largest absolute Gasteiger partial charge is 0.497 e. The van der Waals surface area contributed by atoms with Crippen molar-refractivity contribution in [1.82, 2.24) is 10.2 Å². The van der Waals surface area contributed by atoms with Gasteiger partial charge in [0.15, 0.2) is 0 Å². The lowest BCUT2D eigenvalue weighted by Gasteiger charge is -2.07. The Morgan fingerprint density at radius 1 is 1.11 bits per heavy atom. The van der Waals surface area contributed by atoms with Crippen LogP contribution in [-0.2, 0) is 0 Å². The molecule has 0 aliphatic rings. The van der Waals surface area contributed by atoms with E-state index in [2.05, 4.69) is 10.2 Å². The molecule has 1 aromatic carbocycles. The van der Waals surface area contributed by atoms with Crippen LogP contribution >= 0.6 is 0 Å². The first-order valence-electron chi connectivity index (χ1n) is 5.25. The summed E-state index contributed by atoms with van der Waals surface area (Å²) in [7, 11) is 1.49. The molecule has 0 radical (unpaired) electrons. The van der Waals surface area contributed by atoms with Crippen molar-refractivity contribution in [2.75, 3.05) is 7.11 Å². The normalized spacial score (nSPS) is 9.21. The Hall–Kier alpha value is -3.12. The number of aromatic nitrogens is 2. The number of hydrogen-bond acceptors (Lipinski definition) is 6. The molecule has 0 N–H and O–H groups in total. The van der Waals surface area contributed by atoms with Crippen molar-refractivity contribution >= 4 is 0 Å². The maximum atomic E-state index is 8.92. The van der Waals surface area contributed by atoms with Gasteiger partial charge >= 0.3 is 0 Å². The van der Waals surface area contributed by atoms with Gasteiger partial charge in [-0.3, -0.25) is 0 Å². The molecule has 6 nitrogen and oxygen atoms in total. The van der Waals surface area contributed by atoms with E-state index in [0.29, 0.717) is 17.1 Å². The van der Waals surface area contributed by atoms with Crippen LogP contribution in [0.2, 0.25) is 0 Å². The van der Waals surface area contributed by atoms with Crippen LogP contribution in [0.1, 0.15) is 11.1 Å². The number of nitrogens with zero attached hydrogens (tertiary/aromatic N) is 4. The van der Waals surface area contributed by atoms with E-state index >= 15 is 0 Å². The van der Waals surface area contributed by atoms with E-state index in [-0.39, 0.29) is 11.4 Å². The average molecular weight is 252 g/mol. The lowest BCUT2D eigenvalue weighted by molar-refractivity contribution is 0.406. The SMILES string of the molecule is COc1cc(C#N)cc(Oc2nnccc2C#N)c1. The summed E-state index contributed by atoms with van der Waals surface area (Å²) in [6.07, 6.45) is 1.40. The van der Waals surface area contributed by atoms with Crippen molar-refractivity contribution < 1.29 is 9.47 Å². The van der Waals surface area contributed by atoms with E-state index in [4.69, 9.17) is 20.0 Å². The van der Waals surface area contributed by atoms with Gasteiger partial charge in [-0.2, -0.15) is 15.6 Å². The second kappa shape index (κ2) is 5.48. The fraction of sp³-hybridized carbons (Fsp3) is 0.0769. The first-order chi connectivity index (χ1) is 9.26. The minimum absolute atomic E-state index is 0.0853.